The van der Waals surface area contributed by atoms with Gasteiger partial charge in [-0.25, -0.2) is 0 Å². The molecule has 0 saturated carbocycles. The maximum absolute atomic E-state index is 8.87. The lowest BCUT2D eigenvalue weighted by atomic mass is 9.80. The van der Waals surface area contributed by atoms with Crippen molar-refractivity contribution in [3.63, 3.8) is 0 Å². The predicted octanol–water partition coefficient (Wildman–Crippen LogP) is -1.59. The van der Waals surface area contributed by atoms with Crippen LogP contribution >= 0.6 is 0 Å². The molecule has 0 fully saturated rings. The standard InChI is InChI=1S/C7H9BN2O3/c9-7-10-5-2-1-4(8(11)12)3-6(5)13-7/h1-3,7,10-12H,9H2. The molecule has 2 rings (SSSR count). The third kappa shape index (κ3) is 1.46. The molecule has 68 valence electrons. The molecule has 0 aliphatic carbocycles. The number of nitrogens with two attached hydrogens (primary N) is 1. The van der Waals surface area contributed by atoms with Crippen LogP contribution in [-0.4, -0.2) is 23.5 Å². The Bertz CT molecular complexity index is 332. The highest BCUT2D eigenvalue weighted by Crippen LogP contribution is 2.28. The van der Waals surface area contributed by atoms with E-state index in [1.54, 1.807) is 18.2 Å². The van der Waals surface area contributed by atoms with E-state index in [0.29, 0.717) is 11.2 Å². The molecule has 0 saturated heterocycles. The van der Waals surface area contributed by atoms with Gasteiger partial charge in [0.25, 0.3) is 0 Å². The molecule has 1 heterocycles. The summed E-state index contributed by atoms with van der Waals surface area (Å²) in [5.41, 5.74) is 6.60. The molecule has 13 heavy (non-hydrogen) atoms. The van der Waals surface area contributed by atoms with E-state index in [1.807, 2.05) is 0 Å². The molecular formula is C7H9BN2O3. The smallest absolute Gasteiger partial charge is 0.456 e. The van der Waals surface area contributed by atoms with E-state index in [2.05, 4.69) is 5.32 Å². The SMILES string of the molecule is NC1Nc2ccc(B(O)O)cc2O1. The van der Waals surface area contributed by atoms with Crippen LogP contribution in [0, 0.1) is 0 Å². The Morgan fingerprint density at radius 3 is 2.92 bits per heavy atom. The van der Waals surface area contributed by atoms with Crippen LogP contribution in [0.25, 0.3) is 0 Å². The van der Waals surface area contributed by atoms with Crippen LogP contribution in [0.15, 0.2) is 18.2 Å². The summed E-state index contributed by atoms with van der Waals surface area (Å²) in [4.78, 5) is 0. The Labute approximate surface area is 75.3 Å². The van der Waals surface area contributed by atoms with Crippen LogP contribution in [0.2, 0.25) is 0 Å². The van der Waals surface area contributed by atoms with Gasteiger partial charge in [0.2, 0.25) is 6.35 Å². The van der Waals surface area contributed by atoms with Crippen molar-refractivity contribution in [2.45, 2.75) is 6.35 Å². The lowest BCUT2D eigenvalue weighted by molar-refractivity contribution is 0.262. The number of fused-ring (bicyclic) bond motifs is 1. The summed E-state index contributed by atoms with van der Waals surface area (Å²) in [6.07, 6.45) is -0.555. The van der Waals surface area contributed by atoms with Crippen molar-refractivity contribution in [2.75, 3.05) is 5.32 Å². The minimum atomic E-state index is -1.48. The lowest BCUT2D eigenvalue weighted by Gasteiger charge is -2.02. The normalized spacial score (nSPS) is 18.8. The summed E-state index contributed by atoms with van der Waals surface area (Å²) in [7, 11) is -1.48. The van der Waals surface area contributed by atoms with E-state index in [4.69, 9.17) is 20.5 Å². The topological polar surface area (TPSA) is 87.7 Å². The minimum absolute atomic E-state index is 0.384. The third-order valence-corrected chi connectivity index (χ3v) is 1.86. The van der Waals surface area contributed by atoms with Crippen LogP contribution in [0.5, 0.6) is 5.75 Å². The molecule has 5 nitrogen and oxygen atoms in total. The van der Waals surface area contributed by atoms with Crippen molar-refractivity contribution in [3.05, 3.63) is 18.2 Å². The van der Waals surface area contributed by atoms with Gasteiger partial charge in [0.1, 0.15) is 5.75 Å². The first-order valence-corrected chi connectivity index (χ1v) is 3.85. The van der Waals surface area contributed by atoms with Crippen molar-refractivity contribution in [2.24, 2.45) is 5.73 Å². The fraction of sp³-hybridized carbons (Fsp3) is 0.143. The van der Waals surface area contributed by atoms with E-state index in [0.717, 1.165) is 5.69 Å². The Hall–Kier alpha value is -1.24. The number of hydrogen-bond acceptors (Lipinski definition) is 5. The van der Waals surface area contributed by atoms with Crippen molar-refractivity contribution in [1.29, 1.82) is 0 Å². The summed E-state index contributed by atoms with van der Waals surface area (Å²) in [6.45, 7) is 0. The van der Waals surface area contributed by atoms with Gasteiger partial charge >= 0.3 is 7.12 Å². The molecule has 1 unspecified atom stereocenters. The van der Waals surface area contributed by atoms with Gasteiger partial charge in [-0.3, -0.25) is 5.73 Å². The van der Waals surface area contributed by atoms with E-state index < -0.39 is 13.5 Å². The minimum Gasteiger partial charge on any atom is -0.456 e. The summed E-state index contributed by atoms with van der Waals surface area (Å²) in [5.74, 6) is 0.540. The second-order valence-electron chi connectivity index (χ2n) is 2.81. The molecule has 1 aliphatic rings. The van der Waals surface area contributed by atoms with Crippen LogP contribution < -0.4 is 21.3 Å². The van der Waals surface area contributed by atoms with Crippen molar-refractivity contribution in [3.8, 4) is 5.75 Å². The van der Waals surface area contributed by atoms with Crippen LogP contribution in [0.3, 0.4) is 0 Å². The van der Waals surface area contributed by atoms with E-state index in [1.165, 1.54) is 0 Å². The van der Waals surface area contributed by atoms with E-state index >= 15 is 0 Å². The Morgan fingerprint density at radius 2 is 2.23 bits per heavy atom. The number of anilines is 1. The summed E-state index contributed by atoms with van der Waals surface area (Å²) in [5, 5.41) is 20.6. The lowest BCUT2D eigenvalue weighted by Crippen LogP contribution is -2.30. The number of nitrogens with one attached hydrogen (secondary N) is 1. The molecule has 1 aromatic carbocycles. The zero-order valence-electron chi connectivity index (χ0n) is 6.77. The summed E-state index contributed by atoms with van der Waals surface area (Å²) in [6, 6.07) is 4.83. The molecule has 1 atom stereocenters. The van der Waals surface area contributed by atoms with E-state index in [9.17, 15) is 0 Å². The molecule has 1 aliphatic heterocycles. The average Bonchev–Trinajstić information content (AvgIpc) is 2.42. The van der Waals surface area contributed by atoms with Crippen LogP contribution in [0.4, 0.5) is 5.69 Å². The molecule has 5 N–H and O–H groups in total. The number of ether oxygens (including phenoxy) is 1. The molecule has 1 aromatic rings. The first-order chi connectivity index (χ1) is 6.16. The molecule has 0 bridgehead atoms. The van der Waals surface area contributed by atoms with Gasteiger partial charge in [-0.15, -0.1) is 0 Å². The number of benzene rings is 1. The first kappa shape index (κ1) is 8.37. The Morgan fingerprint density at radius 1 is 1.46 bits per heavy atom. The Balaban J connectivity index is 2.35. The largest absolute Gasteiger partial charge is 0.488 e. The number of rotatable bonds is 1. The van der Waals surface area contributed by atoms with Gasteiger partial charge in [-0.1, -0.05) is 6.07 Å². The highest BCUT2D eigenvalue weighted by atomic mass is 16.5. The predicted molar refractivity (Wildman–Crippen MR) is 48.5 cm³/mol. The van der Waals surface area contributed by atoms with Crippen molar-refractivity contribution < 1.29 is 14.8 Å². The van der Waals surface area contributed by atoms with Gasteiger partial charge in [0, 0.05) is 0 Å². The van der Waals surface area contributed by atoms with E-state index in [-0.39, 0.29) is 0 Å². The maximum Gasteiger partial charge on any atom is 0.488 e. The van der Waals surface area contributed by atoms with Gasteiger partial charge < -0.3 is 20.1 Å². The molecule has 0 amide bonds. The molecule has 0 radical (unpaired) electrons. The zero-order valence-corrected chi connectivity index (χ0v) is 6.77. The van der Waals surface area contributed by atoms with Gasteiger partial charge in [-0.2, -0.15) is 0 Å². The maximum atomic E-state index is 8.87. The number of hydrogen-bond donors (Lipinski definition) is 4. The third-order valence-electron chi connectivity index (χ3n) is 1.86. The quantitative estimate of drug-likeness (QED) is 0.391. The molecule has 0 spiro atoms. The molecule has 0 aromatic heterocycles. The monoisotopic (exact) mass is 180 g/mol. The highest BCUT2D eigenvalue weighted by Gasteiger charge is 2.20. The van der Waals surface area contributed by atoms with Crippen molar-refractivity contribution >= 4 is 18.3 Å². The molecular weight excluding hydrogens is 171 g/mol. The van der Waals surface area contributed by atoms with Gasteiger partial charge in [0.15, 0.2) is 0 Å². The fourth-order valence-electron chi connectivity index (χ4n) is 1.24. The molecule has 6 heteroatoms. The van der Waals surface area contributed by atoms with Crippen molar-refractivity contribution in [1.82, 2.24) is 0 Å². The van der Waals surface area contributed by atoms with Gasteiger partial charge in [-0.05, 0) is 17.6 Å². The zero-order chi connectivity index (χ0) is 9.42. The van der Waals surface area contributed by atoms with Crippen LogP contribution in [-0.2, 0) is 0 Å². The average molecular weight is 180 g/mol. The van der Waals surface area contributed by atoms with Crippen LogP contribution in [0.1, 0.15) is 0 Å². The summed E-state index contributed by atoms with van der Waals surface area (Å²) >= 11 is 0. The Kier molecular flexibility index (Phi) is 1.88. The second kappa shape index (κ2) is 2.92. The summed E-state index contributed by atoms with van der Waals surface area (Å²) < 4.78 is 5.14. The highest BCUT2D eigenvalue weighted by molar-refractivity contribution is 6.58. The fourth-order valence-corrected chi connectivity index (χ4v) is 1.24. The second-order valence-corrected chi connectivity index (χ2v) is 2.81. The van der Waals surface area contributed by atoms with Gasteiger partial charge in [0.05, 0.1) is 5.69 Å². The first-order valence-electron chi connectivity index (χ1n) is 3.85.